The molecule has 0 spiro atoms. The zero-order valence-electron chi connectivity index (χ0n) is 19.9. The van der Waals surface area contributed by atoms with E-state index in [1.54, 1.807) is 17.9 Å². The monoisotopic (exact) mass is 470 g/mol. The Kier molecular flexibility index (Phi) is 9.19. The summed E-state index contributed by atoms with van der Waals surface area (Å²) >= 11 is 6.16. The highest BCUT2D eigenvalue weighted by molar-refractivity contribution is 6.30. The molecule has 3 rings (SSSR count). The number of ether oxygens (including phenoxy) is 1. The van der Waals surface area contributed by atoms with Crippen LogP contribution in [0.5, 0.6) is 5.75 Å². The standard InChI is InChI=1S/C27H35ClN2O3/c1-19(2)24-14-7-8-15-25(24)33-18-26(31)30(17-21-10-9-11-22(28)16-21)20(3)27(32)29-23-12-5-4-6-13-23/h7-11,14-16,19-20,23H,4-6,12-13,17-18H2,1-3H3,(H,29,32). The zero-order valence-corrected chi connectivity index (χ0v) is 20.6. The first-order chi connectivity index (χ1) is 15.8. The van der Waals surface area contributed by atoms with E-state index in [4.69, 9.17) is 16.3 Å². The number of carbonyl (C=O) groups excluding carboxylic acids is 2. The van der Waals surface area contributed by atoms with Crippen LogP contribution in [-0.4, -0.2) is 35.4 Å². The Morgan fingerprint density at radius 3 is 2.48 bits per heavy atom. The van der Waals surface area contributed by atoms with Crippen LogP contribution in [0.25, 0.3) is 0 Å². The molecule has 178 valence electrons. The molecular weight excluding hydrogens is 436 g/mol. The summed E-state index contributed by atoms with van der Waals surface area (Å²) in [5.41, 5.74) is 1.92. The second-order valence-electron chi connectivity index (χ2n) is 9.15. The highest BCUT2D eigenvalue weighted by Gasteiger charge is 2.28. The molecule has 0 bridgehead atoms. The first kappa shape index (κ1) is 25.1. The Labute approximate surface area is 202 Å². The summed E-state index contributed by atoms with van der Waals surface area (Å²) in [7, 11) is 0. The van der Waals surface area contributed by atoms with Gasteiger partial charge in [-0.2, -0.15) is 0 Å². The van der Waals surface area contributed by atoms with Gasteiger partial charge in [0.2, 0.25) is 5.91 Å². The Morgan fingerprint density at radius 1 is 1.06 bits per heavy atom. The van der Waals surface area contributed by atoms with Gasteiger partial charge in [-0.3, -0.25) is 9.59 Å². The molecule has 0 heterocycles. The molecule has 1 unspecified atom stereocenters. The molecule has 6 heteroatoms. The van der Waals surface area contributed by atoms with Gasteiger partial charge in [0.1, 0.15) is 11.8 Å². The first-order valence-electron chi connectivity index (χ1n) is 11.9. The summed E-state index contributed by atoms with van der Waals surface area (Å²) < 4.78 is 5.93. The average molecular weight is 471 g/mol. The lowest BCUT2D eigenvalue weighted by Gasteiger charge is -2.31. The number of rotatable bonds is 9. The number of hydrogen-bond acceptors (Lipinski definition) is 3. The topological polar surface area (TPSA) is 58.6 Å². The molecule has 33 heavy (non-hydrogen) atoms. The van der Waals surface area contributed by atoms with E-state index in [1.165, 1.54) is 6.42 Å². The average Bonchev–Trinajstić information content (AvgIpc) is 2.81. The van der Waals surface area contributed by atoms with Gasteiger partial charge in [0.15, 0.2) is 6.61 Å². The van der Waals surface area contributed by atoms with Crippen LogP contribution in [0, 0.1) is 0 Å². The Balaban J connectivity index is 1.74. The van der Waals surface area contributed by atoms with Gasteiger partial charge < -0.3 is 15.0 Å². The fourth-order valence-electron chi connectivity index (χ4n) is 4.29. The van der Waals surface area contributed by atoms with Crippen molar-refractivity contribution in [1.29, 1.82) is 0 Å². The number of nitrogens with one attached hydrogen (secondary N) is 1. The van der Waals surface area contributed by atoms with Gasteiger partial charge in [0.25, 0.3) is 5.91 Å². The van der Waals surface area contributed by atoms with E-state index in [1.807, 2.05) is 42.5 Å². The van der Waals surface area contributed by atoms with Crippen LogP contribution in [0.3, 0.4) is 0 Å². The van der Waals surface area contributed by atoms with E-state index in [0.717, 1.165) is 36.8 Å². The maximum atomic E-state index is 13.3. The second-order valence-corrected chi connectivity index (χ2v) is 9.59. The fourth-order valence-corrected chi connectivity index (χ4v) is 4.51. The number of para-hydroxylation sites is 1. The largest absolute Gasteiger partial charge is 0.483 e. The van der Waals surface area contributed by atoms with Crippen molar-refractivity contribution in [1.82, 2.24) is 10.2 Å². The smallest absolute Gasteiger partial charge is 0.261 e. The molecule has 0 radical (unpaired) electrons. The highest BCUT2D eigenvalue weighted by Crippen LogP contribution is 2.26. The Morgan fingerprint density at radius 2 is 1.79 bits per heavy atom. The quantitative estimate of drug-likeness (QED) is 0.510. The van der Waals surface area contributed by atoms with Crippen LogP contribution >= 0.6 is 11.6 Å². The third-order valence-corrected chi connectivity index (χ3v) is 6.49. The fraction of sp³-hybridized carbons (Fsp3) is 0.481. The first-order valence-corrected chi connectivity index (χ1v) is 12.3. The zero-order chi connectivity index (χ0) is 23.8. The van der Waals surface area contributed by atoms with Gasteiger partial charge in [-0.15, -0.1) is 0 Å². The molecule has 1 fully saturated rings. The van der Waals surface area contributed by atoms with Crippen LogP contribution in [0.1, 0.15) is 69.9 Å². The SMILES string of the molecule is CC(C)c1ccccc1OCC(=O)N(Cc1cccc(Cl)c1)C(C)C(=O)NC1CCCCC1. The van der Waals surface area contributed by atoms with Crippen molar-refractivity contribution in [2.75, 3.05) is 6.61 Å². The molecular formula is C27H35ClN2O3. The molecule has 1 aliphatic carbocycles. The van der Waals surface area contributed by atoms with Crippen molar-refractivity contribution in [3.63, 3.8) is 0 Å². The van der Waals surface area contributed by atoms with Gasteiger partial charge in [-0.25, -0.2) is 0 Å². The van der Waals surface area contributed by atoms with E-state index < -0.39 is 6.04 Å². The van der Waals surface area contributed by atoms with Crippen LogP contribution in [0.15, 0.2) is 48.5 Å². The third kappa shape index (κ3) is 7.23. The minimum absolute atomic E-state index is 0.125. The van der Waals surface area contributed by atoms with Gasteiger partial charge >= 0.3 is 0 Å². The van der Waals surface area contributed by atoms with Crippen molar-refractivity contribution in [3.05, 3.63) is 64.7 Å². The van der Waals surface area contributed by atoms with Crippen LogP contribution < -0.4 is 10.1 Å². The summed E-state index contributed by atoms with van der Waals surface area (Å²) in [6.45, 7) is 6.11. The van der Waals surface area contributed by atoms with Crippen molar-refractivity contribution >= 4 is 23.4 Å². The number of halogens is 1. The van der Waals surface area contributed by atoms with E-state index in [2.05, 4.69) is 19.2 Å². The Bertz CT molecular complexity index is 940. The minimum Gasteiger partial charge on any atom is -0.483 e. The van der Waals surface area contributed by atoms with Crippen molar-refractivity contribution in [3.8, 4) is 5.75 Å². The normalized spacial score (nSPS) is 15.2. The van der Waals surface area contributed by atoms with Gasteiger partial charge in [-0.1, -0.05) is 75.0 Å². The van der Waals surface area contributed by atoms with Crippen molar-refractivity contribution in [2.24, 2.45) is 0 Å². The number of hydrogen-bond donors (Lipinski definition) is 1. The van der Waals surface area contributed by atoms with E-state index in [9.17, 15) is 9.59 Å². The molecule has 5 nitrogen and oxygen atoms in total. The van der Waals surface area contributed by atoms with Gasteiger partial charge in [0, 0.05) is 17.6 Å². The molecule has 1 aliphatic rings. The lowest BCUT2D eigenvalue weighted by Crippen LogP contribution is -2.51. The number of nitrogens with zero attached hydrogens (tertiary/aromatic N) is 1. The number of benzene rings is 2. The molecule has 0 aliphatic heterocycles. The lowest BCUT2D eigenvalue weighted by atomic mass is 9.95. The molecule has 2 amide bonds. The molecule has 0 saturated heterocycles. The van der Waals surface area contributed by atoms with E-state index in [-0.39, 0.29) is 36.9 Å². The summed E-state index contributed by atoms with van der Waals surface area (Å²) in [5.74, 6) is 0.613. The molecule has 1 N–H and O–H groups in total. The second kappa shape index (κ2) is 12.1. The van der Waals surface area contributed by atoms with Crippen molar-refractivity contribution in [2.45, 2.75) is 77.4 Å². The molecule has 1 saturated carbocycles. The lowest BCUT2D eigenvalue weighted by molar-refractivity contribution is -0.142. The summed E-state index contributed by atoms with van der Waals surface area (Å²) in [6, 6.07) is 14.7. The van der Waals surface area contributed by atoms with Gasteiger partial charge in [0.05, 0.1) is 0 Å². The highest BCUT2D eigenvalue weighted by atomic mass is 35.5. The maximum absolute atomic E-state index is 13.3. The predicted molar refractivity (Wildman–Crippen MR) is 133 cm³/mol. The van der Waals surface area contributed by atoms with Crippen LogP contribution in [0.2, 0.25) is 5.02 Å². The Hall–Kier alpha value is -2.53. The number of amides is 2. The minimum atomic E-state index is -0.623. The molecule has 0 aromatic heterocycles. The number of carbonyl (C=O) groups is 2. The van der Waals surface area contributed by atoms with E-state index in [0.29, 0.717) is 10.8 Å². The molecule has 1 atom stereocenters. The third-order valence-electron chi connectivity index (χ3n) is 6.25. The van der Waals surface area contributed by atoms with Crippen LogP contribution in [-0.2, 0) is 16.1 Å². The predicted octanol–water partition coefficient (Wildman–Crippen LogP) is 5.71. The van der Waals surface area contributed by atoms with E-state index >= 15 is 0 Å². The molecule has 2 aromatic carbocycles. The van der Waals surface area contributed by atoms with Crippen molar-refractivity contribution < 1.29 is 14.3 Å². The summed E-state index contributed by atoms with van der Waals surface area (Å²) in [6.07, 6.45) is 5.48. The maximum Gasteiger partial charge on any atom is 0.261 e. The van der Waals surface area contributed by atoms with Crippen LogP contribution in [0.4, 0.5) is 0 Å². The molecule has 2 aromatic rings. The summed E-state index contributed by atoms with van der Waals surface area (Å²) in [5, 5.41) is 3.75. The summed E-state index contributed by atoms with van der Waals surface area (Å²) in [4.78, 5) is 28.0. The van der Waals surface area contributed by atoms with Gasteiger partial charge in [-0.05, 0) is 55.0 Å².